The minimum absolute atomic E-state index is 0.396. The molecule has 0 unspecified atom stereocenters. The lowest BCUT2D eigenvalue weighted by Crippen LogP contribution is -2.02. The maximum Gasteiger partial charge on any atom is 0.162 e. The van der Waals surface area contributed by atoms with Crippen LogP contribution in [-0.2, 0) is 0 Å². The van der Waals surface area contributed by atoms with Crippen molar-refractivity contribution in [2.75, 3.05) is 11.1 Å². The van der Waals surface area contributed by atoms with E-state index in [0.29, 0.717) is 40.3 Å². The average Bonchev–Trinajstić information content (AvgIpc) is 2.92. The summed E-state index contributed by atoms with van der Waals surface area (Å²) in [6.07, 6.45) is 3.41. The van der Waals surface area contributed by atoms with E-state index in [1.807, 2.05) is 30.3 Å². The van der Waals surface area contributed by atoms with Crippen molar-refractivity contribution in [3.63, 3.8) is 0 Å². The molecule has 0 aromatic carbocycles. The van der Waals surface area contributed by atoms with Crippen LogP contribution in [0.15, 0.2) is 48.8 Å². The number of aryl methyl sites for hydroxylation is 1. The summed E-state index contributed by atoms with van der Waals surface area (Å²) in [5.41, 5.74) is 7.92. The zero-order valence-electron chi connectivity index (χ0n) is 12.9. The maximum atomic E-state index is 5.88. The van der Waals surface area contributed by atoms with Crippen molar-refractivity contribution in [2.45, 2.75) is 6.92 Å². The van der Waals surface area contributed by atoms with Crippen molar-refractivity contribution in [3.05, 3.63) is 54.6 Å². The fourth-order valence-electron chi connectivity index (χ4n) is 2.48. The summed E-state index contributed by atoms with van der Waals surface area (Å²) in [7, 11) is 0. The van der Waals surface area contributed by atoms with Crippen molar-refractivity contribution in [1.29, 1.82) is 0 Å². The number of imidazole rings is 1. The fourth-order valence-corrected chi connectivity index (χ4v) is 2.48. The summed E-state index contributed by atoms with van der Waals surface area (Å²) in [4.78, 5) is 17.5. The van der Waals surface area contributed by atoms with Gasteiger partial charge in [0, 0.05) is 18.5 Å². The quantitative estimate of drug-likeness (QED) is 0.596. The number of rotatable bonds is 3. The second-order valence-electron chi connectivity index (χ2n) is 5.17. The topological polar surface area (TPSA) is 107 Å². The Kier molecular flexibility index (Phi) is 3.27. The fraction of sp³-hybridized carbons (Fsp3) is 0.0625. The van der Waals surface area contributed by atoms with Crippen LogP contribution in [-0.4, -0.2) is 29.5 Å². The Morgan fingerprint density at radius 2 is 1.96 bits per heavy atom. The Morgan fingerprint density at radius 1 is 1.04 bits per heavy atom. The molecule has 0 aliphatic heterocycles. The third-order valence-corrected chi connectivity index (χ3v) is 3.40. The normalized spacial score (nSPS) is 10.9. The summed E-state index contributed by atoms with van der Waals surface area (Å²) in [6, 6.07) is 11.0. The Bertz CT molecular complexity index is 989. The Hall–Kier alpha value is -3.55. The Balaban J connectivity index is 1.93. The highest BCUT2D eigenvalue weighted by molar-refractivity contribution is 5.77. The van der Waals surface area contributed by atoms with Crippen LogP contribution in [0.25, 0.3) is 17.0 Å². The van der Waals surface area contributed by atoms with E-state index in [4.69, 9.17) is 5.73 Å². The smallest absolute Gasteiger partial charge is 0.162 e. The molecule has 0 saturated heterocycles. The highest BCUT2D eigenvalue weighted by Crippen LogP contribution is 2.29. The first-order valence-electron chi connectivity index (χ1n) is 7.34. The molecule has 8 nitrogen and oxygen atoms in total. The van der Waals surface area contributed by atoms with Crippen LogP contribution in [0.5, 0.6) is 0 Å². The van der Waals surface area contributed by atoms with Gasteiger partial charge in [-0.3, -0.25) is 0 Å². The van der Waals surface area contributed by atoms with Gasteiger partial charge in [-0.05, 0) is 31.2 Å². The van der Waals surface area contributed by atoms with E-state index in [1.54, 1.807) is 29.9 Å². The average molecular weight is 318 g/mol. The molecular weight excluding hydrogens is 304 g/mol. The van der Waals surface area contributed by atoms with Crippen LogP contribution in [0.1, 0.15) is 5.82 Å². The van der Waals surface area contributed by atoms with Gasteiger partial charge in [-0.25, -0.2) is 24.5 Å². The number of aromatic nitrogens is 6. The van der Waals surface area contributed by atoms with Gasteiger partial charge in [-0.15, -0.1) is 0 Å². The second kappa shape index (κ2) is 5.58. The summed E-state index contributed by atoms with van der Waals surface area (Å²) >= 11 is 0. The van der Waals surface area contributed by atoms with E-state index < -0.39 is 0 Å². The predicted molar refractivity (Wildman–Crippen MR) is 90.7 cm³/mol. The molecule has 0 radical (unpaired) electrons. The third-order valence-electron chi connectivity index (χ3n) is 3.40. The molecule has 4 rings (SSSR count). The highest BCUT2D eigenvalue weighted by Gasteiger charge is 2.17. The molecule has 3 N–H and O–H groups in total. The van der Waals surface area contributed by atoms with Crippen molar-refractivity contribution in [2.24, 2.45) is 0 Å². The monoisotopic (exact) mass is 318 g/mol. The summed E-state index contributed by atoms with van der Waals surface area (Å²) in [5.74, 6) is 2.26. The zero-order valence-corrected chi connectivity index (χ0v) is 12.9. The zero-order chi connectivity index (χ0) is 16.5. The van der Waals surface area contributed by atoms with Crippen LogP contribution >= 0.6 is 0 Å². The number of fused-ring (bicyclic) bond motifs is 1. The van der Waals surface area contributed by atoms with Crippen LogP contribution in [0.4, 0.5) is 17.5 Å². The highest BCUT2D eigenvalue weighted by atomic mass is 15.3. The van der Waals surface area contributed by atoms with Gasteiger partial charge in [0.05, 0.1) is 5.69 Å². The molecule has 0 bridgehead atoms. The molecule has 0 spiro atoms. The first kappa shape index (κ1) is 14.1. The summed E-state index contributed by atoms with van der Waals surface area (Å²) < 4.78 is 1.71. The molecule has 4 aromatic heterocycles. The lowest BCUT2D eigenvalue weighted by molar-refractivity contribution is 0.932. The van der Waals surface area contributed by atoms with Crippen molar-refractivity contribution in [1.82, 2.24) is 29.5 Å². The largest absolute Gasteiger partial charge is 0.384 e. The van der Waals surface area contributed by atoms with Gasteiger partial charge in [-0.2, -0.15) is 5.10 Å². The SMILES string of the molecule is Cc1nc(N)cc(-c2c(Nc3ccccn3)nc3cccnn23)n1. The number of pyridine rings is 1. The molecule has 0 amide bonds. The van der Waals surface area contributed by atoms with Gasteiger partial charge < -0.3 is 11.1 Å². The second-order valence-corrected chi connectivity index (χ2v) is 5.17. The van der Waals surface area contributed by atoms with E-state index >= 15 is 0 Å². The molecule has 0 fully saturated rings. The van der Waals surface area contributed by atoms with Crippen LogP contribution < -0.4 is 11.1 Å². The summed E-state index contributed by atoms with van der Waals surface area (Å²) in [6.45, 7) is 1.79. The third kappa shape index (κ3) is 2.50. The maximum absolute atomic E-state index is 5.88. The number of anilines is 3. The van der Waals surface area contributed by atoms with E-state index in [9.17, 15) is 0 Å². The molecule has 0 atom stereocenters. The molecule has 24 heavy (non-hydrogen) atoms. The molecule has 8 heteroatoms. The van der Waals surface area contributed by atoms with E-state index in [-0.39, 0.29) is 0 Å². The predicted octanol–water partition coefficient (Wildman–Crippen LogP) is 2.22. The van der Waals surface area contributed by atoms with E-state index in [0.717, 1.165) is 0 Å². The Morgan fingerprint density at radius 3 is 2.75 bits per heavy atom. The van der Waals surface area contributed by atoms with Gasteiger partial charge in [0.2, 0.25) is 0 Å². The Labute approximate surface area is 137 Å². The molecule has 0 aliphatic rings. The van der Waals surface area contributed by atoms with Gasteiger partial charge in [0.1, 0.15) is 23.2 Å². The van der Waals surface area contributed by atoms with Gasteiger partial charge >= 0.3 is 0 Å². The number of nitrogens with zero attached hydrogens (tertiary/aromatic N) is 6. The molecule has 4 aromatic rings. The molecule has 0 saturated carbocycles. The van der Waals surface area contributed by atoms with Gasteiger partial charge in [0.15, 0.2) is 11.5 Å². The standard InChI is InChI=1S/C16H14N8/c1-10-20-11(9-12(17)21-10)15-16(22-13-5-2-3-7-18-13)23-14-6-4-8-19-24(14)15/h2-9H,1H3,(H,18,22)(H2,17,20,21). The van der Waals surface area contributed by atoms with Crippen LogP contribution in [0, 0.1) is 6.92 Å². The molecule has 4 heterocycles. The molecule has 118 valence electrons. The van der Waals surface area contributed by atoms with E-state index in [1.165, 1.54) is 0 Å². The van der Waals surface area contributed by atoms with Crippen LogP contribution in [0.2, 0.25) is 0 Å². The molecule has 0 aliphatic carbocycles. The number of nitrogens with two attached hydrogens (primary N) is 1. The van der Waals surface area contributed by atoms with Crippen molar-refractivity contribution < 1.29 is 0 Å². The molecular formula is C16H14N8. The number of hydrogen-bond donors (Lipinski definition) is 2. The van der Waals surface area contributed by atoms with Crippen molar-refractivity contribution in [3.8, 4) is 11.4 Å². The lowest BCUT2D eigenvalue weighted by atomic mass is 10.2. The van der Waals surface area contributed by atoms with E-state index in [2.05, 4.69) is 30.4 Å². The van der Waals surface area contributed by atoms with Crippen LogP contribution in [0.3, 0.4) is 0 Å². The number of nitrogens with one attached hydrogen (secondary N) is 1. The minimum Gasteiger partial charge on any atom is -0.384 e. The number of hydrogen-bond acceptors (Lipinski definition) is 7. The summed E-state index contributed by atoms with van der Waals surface area (Å²) in [5, 5.41) is 7.59. The lowest BCUT2D eigenvalue weighted by Gasteiger charge is -2.07. The number of nitrogen functional groups attached to an aromatic ring is 1. The first-order chi connectivity index (χ1) is 11.7. The van der Waals surface area contributed by atoms with Gasteiger partial charge in [0.25, 0.3) is 0 Å². The first-order valence-corrected chi connectivity index (χ1v) is 7.34. The van der Waals surface area contributed by atoms with Crippen molar-refractivity contribution >= 4 is 23.1 Å². The minimum atomic E-state index is 0.396. The van der Waals surface area contributed by atoms with Gasteiger partial charge in [-0.1, -0.05) is 6.07 Å².